The molecule has 4 rings (SSSR count). The first kappa shape index (κ1) is 14.6. The molecule has 0 aliphatic carbocycles. The summed E-state index contributed by atoms with van der Waals surface area (Å²) in [4.78, 5) is 7.18. The monoisotopic (exact) mass is 310 g/mol. The predicted octanol–water partition coefficient (Wildman–Crippen LogP) is 4.09. The van der Waals surface area contributed by atoms with E-state index in [1.54, 1.807) is 0 Å². The lowest BCUT2D eigenvalue weighted by atomic mass is 9.96. The minimum absolute atomic E-state index is 0.0972. The normalized spacial score (nSPS) is 19.0. The zero-order chi connectivity index (χ0) is 16.0. The number of hydrogen-bond acceptors (Lipinski definition) is 3. The van der Waals surface area contributed by atoms with E-state index in [2.05, 4.69) is 58.7 Å². The Morgan fingerprint density at radius 3 is 2.70 bits per heavy atom. The summed E-state index contributed by atoms with van der Waals surface area (Å²) >= 11 is 0. The fourth-order valence-corrected chi connectivity index (χ4v) is 3.91. The molecule has 1 aromatic carbocycles. The lowest BCUT2D eigenvalue weighted by Crippen LogP contribution is -2.35. The number of rotatable bonds is 2. The van der Waals surface area contributed by atoms with Crippen molar-refractivity contribution >= 4 is 11.4 Å². The van der Waals surface area contributed by atoms with E-state index in [4.69, 9.17) is 0 Å². The molecule has 0 spiro atoms. The summed E-state index contributed by atoms with van der Waals surface area (Å²) in [5.41, 5.74) is 4.94. The molecular formula is C19H26N4. The Labute approximate surface area is 138 Å². The third kappa shape index (κ3) is 2.32. The van der Waals surface area contributed by atoms with Crippen LogP contribution in [0.1, 0.15) is 51.6 Å². The van der Waals surface area contributed by atoms with Gasteiger partial charge >= 0.3 is 0 Å². The van der Waals surface area contributed by atoms with E-state index in [1.807, 2.05) is 6.20 Å². The summed E-state index contributed by atoms with van der Waals surface area (Å²) in [7, 11) is 0. The molecule has 0 unspecified atom stereocenters. The summed E-state index contributed by atoms with van der Waals surface area (Å²) in [5, 5.41) is 3.68. The second-order valence-electron chi connectivity index (χ2n) is 7.25. The molecule has 23 heavy (non-hydrogen) atoms. The number of aromatic nitrogens is 2. The molecule has 122 valence electrons. The van der Waals surface area contributed by atoms with E-state index in [9.17, 15) is 0 Å². The van der Waals surface area contributed by atoms with Gasteiger partial charge in [0.05, 0.1) is 28.8 Å². The maximum absolute atomic E-state index is 4.66. The Balaban J connectivity index is 1.83. The summed E-state index contributed by atoms with van der Waals surface area (Å²) in [6, 6.07) is 6.84. The van der Waals surface area contributed by atoms with Crippen molar-refractivity contribution in [2.24, 2.45) is 0 Å². The molecule has 1 aromatic heterocycles. The van der Waals surface area contributed by atoms with Gasteiger partial charge in [-0.1, -0.05) is 6.92 Å². The number of nitrogens with one attached hydrogen (secondary N) is 1. The first-order valence-electron chi connectivity index (χ1n) is 8.85. The van der Waals surface area contributed by atoms with E-state index >= 15 is 0 Å². The lowest BCUT2D eigenvalue weighted by Gasteiger charge is -2.37. The van der Waals surface area contributed by atoms with E-state index in [-0.39, 0.29) is 5.54 Å². The van der Waals surface area contributed by atoms with Crippen LogP contribution in [0.5, 0.6) is 0 Å². The van der Waals surface area contributed by atoms with Crippen LogP contribution in [-0.4, -0.2) is 22.6 Å². The number of hydrogen-bond donors (Lipinski definition) is 1. The van der Waals surface area contributed by atoms with Gasteiger partial charge in [-0.2, -0.15) is 0 Å². The molecule has 4 nitrogen and oxygen atoms in total. The molecule has 0 radical (unpaired) electrons. The van der Waals surface area contributed by atoms with Gasteiger partial charge in [-0.3, -0.25) is 4.57 Å². The molecule has 0 saturated carbocycles. The van der Waals surface area contributed by atoms with Gasteiger partial charge in [0.15, 0.2) is 0 Å². The molecule has 0 bridgehead atoms. The van der Waals surface area contributed by atoms with E-state index in [1.165, 1.54) is 55.1 Å². The molecule has 1 saturated heterocycles. The number of anilines is 2. The maximum Gasteiger partial charge on any atom is 0.113 e. The van der Waals surface area contributed by atoms with Crippen LogP contribution >= 0.6 is 0 Å². The van der Waals surface area contributed by atoms with Crippen LogP contribution in [0, 0.1) is 0 Å². The largest absolute Gasteiger partial charge is 0.373 e. The Morgan fingerprint density at radius 2 is 1.96 bits per heavy atom. The van der Waals surface area contributed by atoms with Gasteiger partial charge in [0.2, 0.25) is 0 Å². The molecule has 3 heterocycles. The summed E-state index contributed by atoms with van der Waals surface area (Å²) in [6.45, 7) is 8.98. The van der Waals surface area contributed by atoms with E-state index in [0.29, 0.717) is 0 Å². The second-order valence-corrected chi connectivity index (χ2v) is 7.25. The average molecular weight is 310 g/mol. The van der Waals surface area contributed by atoms with Crippen molar-refractivity contribution in [2.45, 2.75) is 52.0 Å². The summed E-state index contributed by atoms with van der Waals surface area (Å²) in [5.74, 6) is 1.15. The van der Waals surface area contributed by atoms with Gasteiger partial charge in [-0.05, 0) is 51.3 Å². The number of imidazole rings is 1. The number of nitrogens with zero attached hydrogens (tertiary/aromatic N) is 3. The smallest absolute Gasteiger partial charge is 0.113 e. The first-order chi connectivity index (χ1) is 11.1. The Morgan fingerprint density at radius 1 is 1.17 bits per heavy atom. The minimum atomic E-state index is -0.0972. The van der Waals surface area contributed by atoms with Crippen molar-refractivity contribution in [3.63, 3.8) is 0 Å². The number of aryl methyl sites for hydroxylation is 1. The Bertz CT molecular complexity index is 723. The van der Waals surface area contributed by atoms with Crippen LogP contribution in [0.2, 0.25) is 0 Å². The van der Waals surface area contributed by atoms with Crippen LogP contribution in [0.3, 0.4) is 0 Å². The molecule has 4 heteroatoms. The highest BCUT2D eigenvalue weighted by molar-refractivity contribution is 5.72. The zero-order valence-corrected chi connectivity index (χ0v) is 14.4. The van der Waals surface area contributed by atoms with Crippen molar-refractivity contribution in [1.82, 2.24) is 9.55 Å². The van der Waals surface area contributed by atoms with Gasteiger partial charge in [0.25, 0.3) is 0 Å². The Kier molecular flexibility index (Phi) is 3.36. The number of benzene rings is 1. The predicted molar refractivity (Wildman–Crippen MR) is 95.7 cm³/mol. The standard InChI is InChI=1S/C19H26N4/c1-4-18-20-13-17-19(2,3)21-15-9-8-14(12-16(15)23(17)18)22-10-6-5-7-11-22/h8-9,12-13,21H,4-7,10-11H2,1-3H3. The maximum atomic E-state index is 4.66. The zero-order valence-electron chi connectivity index (χ0n) is 14.4. The van der Waals surface area contributed by atoms with Crippen molar-refractivity contribution in [3.8, 4) is 5.69 Å². The van der Waals surface area contributed by atoms with Crippen molar-refractivity contribution in [3.05, 3.63) is 35.9 Å². The van der Waals surface area contributed by atoms with Crippen LogP contribution in [-0.2, 0) is 12.0 Å². The highest BCUT2D eigenvalue weighted by atomic mass is 15.2. The van der Waals surface area contributed by atoms with E-state index in [0.717, 1.165) is 12.2 Å². The Hall–Kier alpha value is -1.97. The quantitative estimate of drug-likeness (QED) is 0.907. The van der Waals surface area contributed by atoms with Crippen molar-refractivity contribution < 1.29 is 0 Å². The van der Waals surface area contributed by atoms with Crippen LogP contribution in [0.15, 0.2) is 24.4 Å². The van der Waals surface area contributed by atoms with Crippen molar-refractivity contribution in [2.75, 3.05) is 23.3 Å². The highest BCUT2D eigenvalue weighted by Gasteiger charge is 2.32. The van der Waals surface area contributed by atoms with Crippen LogP contribution in [0.25, 0.3) is 5.69 Å². The topological polar surface area (TPSA) is 33.1 Å². The van der Waals surface area contributed by atoms with Crippen LogP contribution in [0.4, 0.5) is 11.4 Å². The molecule has 0 atom stereocenters. The van der Waals surface area contributed by atoms with Crippen molar-refractivity contribution in [1.29, 1.82) is 0 Å². The van der Waals surface area contributed by atoms with Gasteiger partial charge in [-0.15, -0.1) is 0 Å². The minimum Gasteiger partial charge on any atom is -0.373 e. The average Bonchev–Trinajstić information content (AvgIpc) is 3.01. The van der Waals surface area contributed by atoms with E-state index < -0.39 is 0 Å². The number of fused-ring (bicyclic) bond motifs is 3. The molecule has 0 amide bonds. The van der Waals surface area contributed by atoms with Gasteiger partial charge < -0.3 is 10.2 Å². The molecule has 2 aliphatic rings. The van der Waals surface area contributed by atoms with Gasteiger partial charge in [0, 0.05) is 25.2 Å². The van der Waals surface area contributed by atoms with Crippen LogP contribution < -0.4 is 10.2 Å². The molecular weight excluding hydrogens is 284 g/mol. The number of piperidine rings is 1. The lowest BCUT2D eigenvalue weighted by molar-refractivity contribution is 0.554. The molecule has 2 aromatic rings. The SMILES string of the molecule is CCc1ncc2n1-c1cc(N3CCCCC3)ccc1NC2(C)C. The fraction of sp³-hybridized carbons (Fsp3) is 0.526. The summed E-state index contributed by atoms with van der Waals surface area (Å²) in [6.07, 6.45) is 6.95. The molecule has 2 aliphatic heterocycles. The first-order valence-corrected chi connectivity index (χ1v) is 8.85. The van der Waals surface area contributed by atoms with Gasteiger partial charge in [0.1, 0.15) is 5.82 Å². The summed E-state index contributed by atoms with van der Waals surface area (Å²) < 4.78 is 2.36. The molecule has 1 fully saturated rings. The third-order valence-electron chi connectivity index (χ3n) is 5.18. The van der Waals surface area contributed by atoms with Gasteiger partial charge in [-0.25, -0.2) is 4.98 Å². The highest BCUT2D eigenvalue weighted by Crippen LogP contribution is 2.39. The fourth-order valence-electron chi connectivity index (χ4n) is 3.91. The second kappa shape index (κ2) is 5.29. The molecule has 1 N–H and O–H groups in total. The third-order valence-corrected chi connectivity index (χ3v) is 5.18.